The zero-order valence-corrected chi connectivity index (χ0v) is 10.5. The number of hydrazone groups is 1. The van der Waals surface area contributed by atoms with Crippen LogP contribution in [0.25, 0.3) is 0 Å². The number of aromatic nitrogens is 1. The number of phenolic OH excluding ortho intramolecular Hbond substituents is 1. The van der Waals surface area contributed by atoms with Crippen LogP contribution in [0.2, 0.25) is 5.02 Å². The largest absolute Gasteiger partial charge is 0.504 e. The van der Waals surface area contributed by atoms with Crippen LogP contribution in [0.15, 0.2) is 22.6 Å². The van der Waals surface area contributed by atoms with Crippen LogP contribution >= 0.6 is 22.9 Å². The zero-order chi connectivity index (χ0) is 13.1. The lowest BCUT2D eigenvalue weighted by Gasteiger charge is -2.00. The third-order valence-electron chi connectivity index (χ3n) is 1.93. The first-order valence-electron chi connectivity index (χ1n) is 4.74. The molecule has 94 valence electrons. The Kier molecular flexibility index (Phi) is 3.63. The molecule has 0 saturated carbocycles. The SMILES string of the molecule is Nc1csc(NN=Cc2cc(F)c(O)c(Cl)c2)n1. The molecule has 4 N–H and O–H groups in total. The highest BCUT2D eigenvalue weighted by Gasteiger charge is 2.06. The molecule has 2 aromatic rings. The van der Waals surface area contributed by atoms with Gasteiger partial charge in [-0.25, -0.2) is 9.37 Å². The summed E-state index contributed by atoms with van der Waals surface area (Å²) >= 11 is 6.91. The molecular formula is C10H8ClFN4OS. The third kappa shape index (κ3) is 2.88. The Morgan fingerprint density at radius 3 is 2.94 bits per heavy atom. The lowest BCUT2D eigenvalue weighted by molar-refractivity contribution is 0.432. The van der Waals surface area contributed by atoms with E-state index < -0.39 is 11.6 Å². The van der Waals surface area contributed by atoms with Crippen molar-refractivity contribution in [2.45, 2.75) is 0 Å². The third-order valence-corrected chi connectivity index (χ3v) is 2.99. The van der Waals surface area contributed by atoms with Crippen LogP contribution in [-0.2, 0) is 0 Å². The Morgan fingerprint density at radius 1 is 1.56 bits per heavy atom. The lowest BCUT2D eigenvalue weighted by atomic mass is 10.2. The van der Waals surface area contributed by atoms with Gasteiger partial charge >= 0.3 is 0 Å². The quantitative estimate of drug-likeness (QED) is 0.598. The average Bonchev–Trinajstić information content (AvgIpc) is 2.72. The van der Waals surface area contributed by atoms with Crippen LogP contribution in [-0.4, -0.2) is 16.3 Å². The molecule has 5 nitrogen and oxygen atoms in total. The Morgan fingerprint density at radius 2 is 2.33 bits per heavy atom. The van der Waals surface area contributed by atoms with Gasteiger partial charge in [0.05, 0.1) is 11.2 Å². The van der Waals surface area contributed by atoms with Crippen molar-refractivity contribution in [1.82, 2.24) is 4.98 Å². The second kappa shape index (κ2) is 5.19. The smallest absolute Gasteiger partial charge is 0.205 e. The molecule has 0 aliphatic carbocycles. The Bertz CT molecular complexity index is 578. The van der Waals surface area contributed by atoms with Gasteiger partial charge < -0.3 is 10.8 Å². The van der Waals surface area contributed by atoms with E-state index in [-0.39, 0.29) is 5.02 Å². The maximum atomic E-state index is 13.2. The van der Waals surface area contributed by atoms with Crippen molar-refractivity contribution in [2.75, 3.05) is 11.2 Å². The van der Waals surface area contributed by atoms with E-state index in [0.29, 0.717) is 16.5 Å². The number of hydrogen-bond donors (Lipinski definition) is 3. The number of phenols is 1. The van der Waals surface area contributed by atoms with Gasteiger partial charge in [0, 0.05) is 5.38 Å². The van der Waals surface area contributed by atoms with Gasteiger partial charge in [-0.3, -0.25) is 5.43 Å². The highest BCUT2D eigenvalue weighted by molar-refractivity contribution is 7.14. The fraction of sp³-hybridized carbons (Fsp3) is 0. The van der Waals surface area contributed by atoms with Gasteiger partial charge in [0.15, 0.2) is 11.6 Å². The Hall–Kier alpha value is -1.86. The predicted molar refractivity (Wildman–Crippen MR) is 70.8 cm³/mol. The van der Waals surface area contributed by atoms with Gasteiger partial charge in [0.25, 0.3) is 0 Å². The highest BCUT2D eigenvalue weighted by atomic mass is 35.5. The van der Waals surface area contributed by atoms with Crippen molar-refractivity contribution in [3.63, 3.8) is 0 Å². The zero-order valence-electron chi connectivity index (χ0n) is 8.89. The summed E-state index contributed by atoms with van der Waals surface area (Å²) in [6.45, 7) is 0. The minimum absolute atomic E-state index is 0.0741. The second-order valence-corrected chi connectivity index (χ2v) is 4.55. The number of anilines is 2. The number of thiazole rings is 1. The molecule has 0 aliphatic rings. The molecule has 1 heterocycles. The van der Waals surface area contributed by atoms with Crippen molar-refractivity contribution >= 4 is 40.1 Å². The first kappa shape index (κ1) is 12.6. The number of nitrogen functional groups attached to an aromatic ring is 1. The van der Waals surface area contributed by atoms with E-state index in [1.807, 2.05) is 0 Å². The standard InChI is InChI=1S/C10H8ClFN4OS/c11-6-1-5(2-7(12)9(6)17)3-14-16-10-15-8(13)4-18-10/h1-4,17H,13H2,(H,15,16). The van der Waals surface area contributed by atoms with Crippen LogP contribution in [0.4, 0.5) is 15.3 Å². The summed E-state index contributed by atoms with van der Waals surface area (Å²) in [6, 6.07) is 2.50. The summed E-state index contributed by atoms with van der Waals surface area (Å²) in [6.07, 6.45) is 1.35. The van der Waals surface area contributed by atoms with Gasteiger partial charge in [-0.05, 0) is 17.7 Å². The molecule has 0 aliphatic heterocycles. The summed E-state index contributed by atoms with van der Waals surface area (Å²) in [7, 11) is 0. The highest BCUT2D eigenvalue weighted by Crippen LogP contribution is 2.27. The van der Waals surface area contributed by atoms with E-state index >= 15 is 0 Å². The van der Waals surface area contributed by atoms with Gasteiger partial charge in [0.1, 0.15) is 5.82 Å². The first-order valence-corrected chi connectivity index (χ1v) is 6.00. The number of nitrogens with two attached hydrogens (primary N) is 1. The van der Waals surface area contributed by atoms with E-state index in [2.05, 4.69) is 15.5 Å². The molecule has 0 spiro atoms. The number of nitrogens with one attached hydrogen (secondary N) is 1. The monoisotopic (exact) mass is 286 g/mol. The molecule has 0 atom stereocenters. The van der Waals surface area contributed by atoms with E-state index in [4.69, 9.17) is 22.4 Å². The minimum Gasteiger partial charge on any atom is -0.504 e. The molecule has 8 heteroatoms. The molecule has 2 rings (SSSR count). The van der Waals surface area contributed by atoms with Crippen LogP contribution < -0.4 is 11.2 Å². The molecule has 0 amide bonds. The molecule has 18 heavy (non-hydrogen) atoms. The summed E-state index contributed by atoms with van der Waals surface area (Å²) in [5.74, 6) is -0.978. The Balaban J connectivity index is 2.09. The van der Waals surface area contributed by atoms with Crippen LogP contribution in [0.3, 0.4) is 0 Å². The fourth-order valence-electron chi connectivity index (χ4n) is 1.16. The molecule has 0 fully saturated rings. The summed E-state index contributed by atoms with van der Waals surface area (Å²) in [4.78, 5) is 3.92. The average molecular weight is 287 g/mol. The van der Waals surface area contributed by atoms with Crippen molar-refractivity contribution in [1.29, 1.82) is 0 Å². The number of nitrogens with zero attached hydrogens (tertiary/aromatic N) is 2. The molecule has 0 radical (unpaired) electrons. The molecule has 1 aromatic heterocycles. The number of rotatable bonds is 3. The maximum Gasteiger partial charge on any atom is 0.205 e. The van der Waals surface area contributed by atoms with Crippen molar-refractivity contribution in [3.8, 4) is 5.75 Å². The predicted octanol–water partition coefficient (Wildman–Crippen LogP) is 2.67. The number of halogens is 2. The first-order chi connectivity index (χ1) is 8.56. The second-order valence-electron chi connectivity index (χ2n) is 3.28. The topological polar surface area (TPSA) is 83.5 Å². The van der Waals surface area contributed by atoms with E-state index in [1.165, 1.54) is 23.6 Å². The van der Waals surface area contributed by atoms with E-state index in [0.717, 1.165) is 6.07 Å². The Labute approximate surface area is 111 Å². The van der Waals surface area contributed by atoms with E-state index in [1.54, 1.807) is 5.38 Å². The summed E-state index contributed by atoms with van der Waals surface area (Å²) in [5, 5.41) is 15.1. The van der Waals surface area contributed by atoms with Crippen LogP contribution in [0.1, 0.15) is 5.56 Å². The van der Waals surface area contributed by atoms with E-state index in [9.17, 15) is 4.39 Å². The van der Waals surface area contributed by atoms with Gasteiger partial charge in [0.2, 0.25) is 5.13 Å². The summed E-state index contributed by atoms with van der Waals surface area (Å²) < 4.78 is 13.2. The molecule has 0 bridgehead atoms. The summed E-state index contributed by atoms with van der Waals surface area (Å²) in [5.41, 5.74) is 8.48. The van der Waals surface area contributed by atoms with Crippen LogP contribution in [0, 0.1) is 5.82 Å². The van der Waals surface area contributed by atoms with Crippen molar-refractivity contribution < 1.29 is 9.50 Å². The molecule has 0 saturated heterocycles. The molecule has 1 aromatic carbocycles. The van der Waals surface area contributed by atoms with Gasteiger partial charge in [-0.15, -0.1) is 11.3 Å². The maximum absolute atomic E-state index is 13.2. The lowest BCUT2D eigenvalue weighted by Crippen LogP contribution is -1.92. The number of hydrogen-bond acceptors (Lipinski definition) is 6. The molecular weight excluding hydrogens is 279 g/mol. The van der Waals surface area contributed by atoms with Crippen molar-refractivity contribution in [3.05, 3.63) is 33.9 Å². The number of benzene rings is 1. The van der Waals surface area contributed by atoms with Gasteiger partial charge in [-0.1, -0.05) is 11.6 Å². The normalized spacial score (nSPS) is 11.0. The minimum atomic E-state index is -0.803. The number of aromatic hydroxyl groups is 1. The van der Waals surface area contributed by atoms with Gasteiger partial charge in [-0.2, -0.15) is 5.10 Å². The van der Waals surface area contributed by atoms with Crippen molar-refractivity contribution in [2.24, 2.45) is 5.10 Å². The molecule has 0 unspecified atom stereocenters. The van der Waals surface area contributed by atoms with Crippen LogP contribution in [0.5, 0.6) is 5.75 Å². The fourth-order valence-corrected chi connectivity index (χ4v) is 1.92.